The van der Waals surface area contributed by atoms with Crippen LogP contribution in [0.15, 0.2) is 48.5 Å². The molecule has 0 aromatic carbocycles. The summed E-state index contributed by atoms with van der Waals surface area (Å²) in [6.45, 7) is 8.09. The molecule has 2 fully saturated rings. The zero-order valence-electron chi connectivity index (χ0n) is 22.4. The number of aromatic nitrogens is 4. The Labute approximate surface area is 218 Å². The van der Waals surface area contributed by atoms with Crippen molar-refractivity contribution < 1.29 is 0 Å². The lowest BCUT2D eigenvalue weighted by atomic mass is 9.83. The monoisotopic (exact) mass is 507 g/mol. The fourth-order valence-corrected chi connectivity index (χ4v) is 6.07. The highest BCUT2D eigenvalue weighted by atomic mass is 31.1. The van der Waals surface area contributed by atoms with Gasteiger partial charge in [-0.2, -0.15) is 4.98 Å². The summed E-state index contributed by atoms with van der Waals surface area (Å²) < 4.78 is 0. The summed E-state index contributed by atoms with van der Waals surface area (Å²) in [5.41, 5.74) is 3.13. The molecule has 1 saturated carbocycles. The van der Waals surface area contributed by atoms with E-state index in [1.165, 1.54) is 32.1 Å². The van der Waals surface area contributed by atoms with Crippen molar-refractivity contribution in [3.8, 4) is 0 Å². The smallest absolute Gasteiger partial charge is 0.228 e. The lowest BCUT2D eigenvalue weighted by molar-refractivity contribution is 0.407. The van der Waals surface area contributed by atoms with E-state index in [4.69, 9.17) is 9.97 Å². The molecule has 0 amide bonds. The van der Waals surface area contributed by atoms with Crippen LogP contribution in [0.25, 0.3) is 0 Å². The maximum Gasteiger partial charge on any atom is 0.228 e. The highest BCUT2D eigenvalue weighted by Crippen LogP contribution is 2.31. The first-order valence-corrected chi connectivity index (χ1v) is 14.6. The van der Waals surface area contributed by atoms with Crippen molar-refractivity contribution in [2.45, 2.75) is 58.0 Å². The molecule has 1 aliphatic heterocycles. The molecule has 2 aromatic heterocycles. The quantitative estimate of drug-likeness (QED) is 0.356. The predicted molar refractivity (Wildman–Crippen MR) is 154 cm³/mol. The zero-order chi connectivity index (χ0) is 25.3. The minimum atomic E-state index is 0.445. The molecule has 1 saturated heterocycles. The molecule has 0 bridgehead atoms. The molecule has 2 unspecified atom stereocenters. The van der Waals surface area contributed by atoms with Crippen molar-refractivity contribution in [1.29, 1.82) is 0 Å². The van der Waals surface area contributed by atoms with Gasteiger partial charge in [-0.15, -0.1) is 0 Å². The Kier molecular flexibility index (Phi) is 9.68. The van der Waals surface area contributed by atoms with Crippen molar-refractivity contribution in [3.05, 3.63) is 48.5 Å². The van der Waals surface area contributed by atoms with E-state index in [2.05, 4.69) is 76.9 Å². The molecule has 2 aromatic rings. The van der Waals surface area contributed by atoms with Gasteiger partial charge in [0, 0.05) is 58.7 Å². The number of anilines is 3. The van der Waals surface area contributed by atoms with Crippen LogP contribution in [0.5, 0.6) is 0 Å². The fourth-order valence-electron chi connectivity index (χ4n) is 5.04. The molecule has 7 nitrogen and oxygen atoms in total. The standard InChI is InChI=1S/C28H42N7P/c1-5-9-23(24-10-7-6-8-11-24)13-12-22(2)36-27-20-25(33(3)4)31-28(32-27)35-18-16-34(17-19-35)26-21-29-14-15-30-26/h9,12-15,20-22,24,36H,5-8,10-11,16-19H2,1-4H3/b13-12-,23-9?. The lowest BCUT2D eigenvalue weighted by Crippen LogP contribution is -2.47. The number of nitrogens with zero attached hydrogens (tertiary/aromatic N) is 7. The first kappa shape index (κ1) is 26.5. The Bertz CT molecular complexity index is 1010. The maximum atomic E-state index is 5.04. The molecule has 4 rings (SSSR count). The van der Waals surface area contributed by atoms with Crippen LogP contribution < -0.4 is 20.1 Å². The van der Waals surface area contributed by atoms with Gasteiger partial charge in [-0.1, -0.05) is 59.9 Å². The largest absolute Gasteiger partial charge is 0.363 e. The highest BCUT2D eigenvalue weighted by Gasteiger charge is 2.22. The van der Waals surface area contributed by atoms with Crippen LogP contribution in [0.1, 0.15) is 52.4 Å². The lowest BCUT2D eigenvalue weighted by Gasteiger charge is -2.35. The van der Waals surface area contributed by atoms with Gasteiger partial charge in [0.05, 0.1) is 11.6 Å². The van der Waals surface area contributed by atoms with Crippen LogP contribution >= 0.6 is 8.58 Å². The van der Waals surface area contributed by atoms with Crippen LogP contribution in [0.3, 0.4) is 0 Å². The second kappa shape index (κ2) is 13.1. The SMILES string of the molecule is CCC=C(/C=C\C(C)Pc1cc(N(C)C)nc(N2CCN(c3cnccn3)CC2)n1)C1CCCCC1. The van der Waals surface area contributed by atoms with E-state index in [9.17, 15) is 0 Å². The van der Waals surface area contributed by atoms with Crippen LogP contribution in [0, 0.1) is 5.92 Å². The molecule has 1 aliphatic carbocycles. The van der Waals surface area contributed by atoms with Gasteiger partial charge in [-0.3, -0.25) is 4.98 Å². The average molecular weight is 508 g/mol. The Morgan fingerprint density at radius 1 is 1.08 bits per heavy atom. The number of hydrogen-bond donors (Lipinski definition) is 0. The molecule has 0 radical (unpaired) electrons. The fraction of sp³-hybridized carbons (Fsp3) is 0.571. The highest BCUT2D eigenvalue weighted by molar-refractivity contribution is 7.47. The number of hydrogen-bond acceptors (Lipinski definition) is 7. The molecular weight excluding hydrogens is 465 g/mol. The van der Waals surface area contributed by atoms with Crippen molar-refractivity contribution in [3.63, 3.8) is 0 Å². The molecule has 0 spiro atoms. The van der Waals surface area contributed by atoms with E-state index in [1.54, 1.807) is 18.0 Å². The van der Waals surface area contributed by atoms with E-state index in [-0.39, 0.29) is 0 Å². The second-order valence-corrected chi connectivity index (χ2v) is 11.8. The van der Waals surface area contributed by atoms with E-state index in [0.29, 0.717) is 14.2 Å². The maximum absolute atomic E-state index is 5.04. The number of piperazine rings is 1. The minimum absolute atomic E-state index is 0.445. The van der Waals surface area contributed by atoms with Crippen LogP contribution in [0.2, 0.25) is 0 Å². The van der Waals surface area contributed by atoms with E-state index in [1.807, 2.05) is 6.20 Å². The topological polar surface area (TPSA) is 61.3 Å². The van der Waals surface area contributed by atoms with Crippen molar-refractivity contribution in [2.75, 3.05) is 55.0 Å². The molecule has 2 atom stereocenters. The summed E-state index contributed by atoms with van der Waals surface area (Å²) in [6, 6.07) is 2.16. The average Bonchev–Trinajstić information content (AvgIpc) is 2.92. The van der Waals surface area contributed by atoms with Gasteiger partial charge in [-0.05, 0) is 36.4 Å². The van der Waals surface area contributed by atoms with Crippen molar-refractivity contribution in [1.82, 2.24) is 19.9 Å². The summed E-state index contributed by atoms with van der Waals surface area (Å²) in [7, 11) is 4.73. The van der Waals surface area contributed by atoms with Crippen LogP contribution in [-0.4, -0.2) is 65.9 Å². The molecule has 2 aliphatic rings. The summed E-state index contributed by atoms with van der Waals surface area (Å²) in [4.78, 5) is 25.3. The van der Waals surface area contributed by atoms with Gasteiger partial charge >= 0.3 is 0 Å². The Morgan fingerprint density at radius 2 is 1.83 bits per heavy atom. The van der Waals surface area contributed by atoms with Gasteiger partial charge in [0.2, 0.25) is 5.95 Å². The Balaban J connectivity index is 1.43. The summed E-state index contributed by atoms with van der Waals surface area (Å²) in [5.74, 6) is 3.50. The van der Waals surface area contributed by atoms with Crippen LogP contribution in [0.4, 0.5) is 17.6 Å². The molecular formula is C28H42N7P. The number of allylic oxidation sites excluding steroid dienone is 4. The first-order valence-electron chi connectivity index (χ1n) is 13.5. The summed E-state index contributed by atoms with van der Waals surface area (Å²) in [5, 5.41) is 0. The van der Waals surface area contributed by atoms with Gasteiger partial charge in [-0.25, -0.2) is 9.97 Å². The Morgan fingerprint density at radius 3 is 2.50 bits per heavy atom. The Hall–Kier alpha value is -2.53. The molecule has 194 valence electrons. The van der Waals surface area contributed by atoms with E-state index in [0.717, 1.165) is 61.5 Å². The molecule has 36 heavy (non-hydrogen) atoms. The van der Waals surface area contributed by atoms with Crippen molar-refractivity contribution >= 4 is 31.6 Å². The van der Waals surface area contributed by atoms with Gasteiger partial charge < -0.3 is 14.7 Å². The summed E-state index contributed by atoms with van der Waals surface area (Å²) in [6.07, 6.45) is 20.5. The minimum Gasteiger partial charge on any atom is -0.363 e. The van der Waals surface area contributed by atoms with Crippen molar-refractivity contribution in [2.24, 2.45) is 5.92 Å². The third kappa shape index (κ3) is 7.25. The summed E-state index contributed by atoms with van der Waals surface area (Å²) >= 11 is 0. The predicted octanol–water partition coefficient (Wildman–Crippen LogP) is 4.82. The van der Waals surface area contributed by atoms with Crippen LogP contribution in [-0.2, 0) is 0 Å². The van der Waals surface area contributed by atoms with Gasteiger partial charge in [0.15, 0.2) is 0 Å². The van der Waals surface area contributed by atoms with E-state index >= 15 is 0 Å². The molecule has 3 heterocycles. The third-order valence-electron chi connectivity index (χ3n) is 7.06. The first-order chi connectivity index (χ1) is 17.5. The zero-order valence-corrected chi connectivity index (χ0v) is 23.4. The van der Waals surface area contributed by atoms with Gasteiger partial charge in [0.1, 0.15) is 11.6 Å². The van der Waals surface area contributed by atoms with Gasteiger partial charge in [0.25, 0.3) is 0 Å². The second-order valence-electron chi connectivity index (χ2n) is 10.1. The van der Waals surface area contributed by atoms with E-state index < -0.39 is 0 Å². The molecule has 0 N–H and O–H groups in total. The molecule has 8 heteroatoms. The normalized spacial score (nSPS) is 18.9. The third-order valence-corrected chi connectivity index (χ3v) is 8.26. The number of rotatable bonds is 9.